The van der Waals surface area contributed by atoms with Gasteiger partial charge in [-0.2, -0.15) is 5.26 Å². The fourth-order valence-electron chi connectivity index (χ4n) is 1.10. The van der Waals surface area contributed by atoms with Gasteiger partial charge in [-0.05, 0) is 26.2 Å². The van der Waals surface area contributed by atoms with Gasteiger partial charge in [0, 0.05) is 6.42 Å². The van der Waals surface area contributed by atoms with Crippen LogP contribution in [0.3, 0.4) is 0 Å². The summed E-state index contributed by atoms with van der Waals surface area (Å²) in [6, 6.07) is 2.16. The molecule has 1 nitrogen and oxygen atoms in total. The fraction of sp³-hybridized carbons (Fsp3) is 0.615. The van der Waals surface area contributed by atoms with Gasteiger partial charge in [-0.3, -0.25) is 0 Å². The zero-order valence-electron chi connectivity index (χ0n) is 10.0. The van der Waals surface area contributed by atoms with Gasteiger partial charge in [-0.25, -0.2) is 0 Å². The highest BCUT2D eigenvalue weighted by Crippen LogP contribution is 2.09. The van der Waals surface area contributed by atoms with E-state index in [1.807, 2.05) is 26.8 Å². The van der Waals surface area contributed by atoms with Crippen LogP contribution in [0.15, 0.2) is 23.8 Å². The lowest BCUT2D eigenvalue weighted by atomic mass is 10.1. The quantitative estimate of drug-likeness (QED) is 0.461. The molecule has 0 N–H and O–H groups in total. The van der Waals surface area contributed by atoms with Crippen molar-refractivity contribution >= 4 is 0 Å². The molecule has 0 aliphatic heterocycles. The van der Waals surface area contributed by atoms with Crippen molar-refractivity contribution in [2.24, 2.45) is 0 Å². The second-order valence-corrected chi connectivity index (χ2v) is 2.70. The monoisotopic (exact) mass is 193 g/mol. The number of allylic oxidation sites excluding steroid dienone is 4. The fourth-order valence-corrected chi connectivity index (χ4v) is 1.10. The van der Waals surface area contributed by atoms with Gasteiger partial charge in [0.25, 0.3) is 0 Å². The molecule has 0 aromatic carbocycles. The van der Waals surface area contributed by atoms with Crippen LogP contribution < -0.4 is 0 Å². The highest BCUT2D eigenvalue weighted by Gasteiger charge is 1.91. The molecule has 0 amide bonds. The number of nitrogens with zero attached hydrogens (tertiary/aromatic N) is 1. The summed E-state index contributed by atoms with van der Waals surface area (Å²) < 4.78 is 0. The summed E-state index contributed by atoms with van der Waals surface area (Å²) in [5.41, 5.74) is 1.36. The Bertz CT molecular complexity index is 194. The van der Waals surface area contributed by atoms with Gasteiger partial charge in [-0.15, -0.1) is 0 Å². The SMILES string of the molecule is C/C=C\C(=C/CC)CCCC#N.CC. The standard InChI is InChI=1S/C11H17N.C2H6/c1-3-7-11(8-4-2)9-5-6-10-12;1-2/h3,7-8H,4-6,9H2,1-2H3;1-2H3/b7-3-,11-8+;. The lowest BCUT2D eigenvalue weighted by Crippen LogP contribution is -1.79. The van der Waals surface area contributed by atoms with Crippen LogP contribution in [0.5, 0.6) is 0 Å². The average Bonchev–Trinajstić information content (AvgIpc) is 2.22. The Hall–Kier alpha value is -1.03. The van der Waals surface area contributed by atoms with Crippen LogP contribution in [0.4, 0.5) is 0 Å². The van der Waals surface area contributed by atoms with E-state index in [-0.39, 0.29) is 0 Å². The molecule has 80 valence electrons. The minimum Gasteiger partial charge on any atom is -0.198 e. The molecule has 0 rings (SSSR count). The van der Waals surface area contributed by atoms with Gasteiger partial charge in [0.1, 0.15) is 0 Å². The zero-order chi connectivity index (χ0) is 11.2. The van der Waals surface area contributed by atoms with Crippen molar-refractivity contribution in [2.45, 2.75) is 53.4 Å². The zero-order valence-corrected chi connectivity index (χ0v) is 10.0. The summed E-state index contributed by atoms with van der Waals surface area (Å²) in [6.45, 7) is 8.15. The Balaban J connectivity index is 0. The molecule has 0 spiro atoms. The second kappa shape index (κ2) is 14.5. The van der Waals surface area contributed by atoms with E-state index in [1.54, 1.807) is 0 Å². The molecule has 0 fully saturated rings. The summed E-state index contributed by atoms with van der Waals surface area (Å²) in [5.74, 6) is 0. The number of hydrogen-bond acceptors (Lipinski definition) is 1. The normalized spacial score (nSPS) is 10.6. The van der Waals surface area contributed by atoms with E-state index in [9.17, 15) is 0 Å². The van der Waals surface area contributed by atoms with Gasteiger partial charge >= 0.3 is 0 Å². The predicted octanol–water partition coefficient (Wildman–Crippen LogP) is 4.62. The van der Waals surface area contributed by atoms with Crippen molar-refractivity contribution in [1.82, 2.24) is 0 Å². The summed E-state index contributed by atoms with van der Waals surface area (Å²) in [4.78, 5) is 0. The van der Waals surface area contributed by atoms with Gasteiger partial charge in [-0.1, -0.05) is 44.6 Å². The summed E-state index contributed by atoms with van der Waals surface area (Å²) >= 11 is 0. The molecule has 1 heteroatoms. The first-order valence-corrected chi connectivity index (χ1v) is 5.53. The second-order valence-electron chi connectivity index (χ2n) is 2.70. The summed E-state index contributed by atoms with van der Waals surface area (Å²) in [6.07, 6.45) is 10.1. The smallest absolute Gasteiger partial charge is 0.0621 e. The van der Waals surface area contributed by atoms with E-state index in [1.165, 1.54) is 5.57 Å². The minimum absolute atomic E-state index is 0.665. The molecular formula is C13H23N. The first-order chi connectivity index (χ1) is 6.85. The van der Waals surface area contributed by atoms with Crippen molar-refractivity contribution in [3.8, 4) is 6.07 Å². The maximum Gasteiger partial charge on any atom is 0.0621 e. The van der Waals surface area contributed by atoms with E-state index < -0.39 is 0 Å². The predicted molar refractivity (Wildman–Crippen MR) is 64.0 cm³/mol. The highest BCUT2D eigenvalue weighted by atomic mass is 14.2. The highest BCUT2D eigenvalue weighted by molar-refractivity contribution is 5.17. The van der Waals surface area contributed by atoms with Gasteiger partial charge in [0.2, 0.25) is 0 Å². The third-order valence-corrected chi connectivity index (χ3v) is 1.60. The third kappa shape index (κ3) is 11.0. The van der Waals surface area contributed by atoms with Crippen LogP contribution in [-0.2, 0) is 0 Å². The van der Waals surface area contributed by atoms with E-state index in [0.717, 1.165) is 19.3 Å². The maximum absolute atomic E-state index is 8.35. The largest absolute Gasteiger partial charge is 0.198 e. The number of rotatable bonds is 5. The molecule has 0 aliphatic carbocycles. The van der Waals surface area contributed by atoms with Crippen molar-refractivity contribution in [2.75, 3.05) is 0 Å². The Morgan fingerprint density at radius 3 is 2.43 bits per heavy atom. The van der Waals surface area contributed by atoms with Crippen molar-refractivity contribution < 1.29 is 0 Å². The van der Waals surface area contributed by atoms with E-state index in [0.29, 0.717) is 6.42 Å². The van der Waals surface area contributed by atoms with Gasteiger partial charge in [0.05, 0.1) is 6.07 Å². The van der Waals surface area contributed by atoms with Gasteiger partial charge in [0.15, 0.2) is 0 Å². The molecule has 0 aromatic heterocycles. The maximum atomic E-state index is 8.35. The van der Waals surface area contributed by atoms with Crippen LogP contribution in [0, 0.1) is 11.3 Å². The average molecular weight is 193 g/mol. The minimum atomic E-state index is 0.665. The molecule has 0 aromatic rings. The molecule has 0 unspecified atom stereocenters. The summed E-state index contributed by atoms with van der Waals surface area (Å²) in [5, 5.41) is 8.35. The lowest BCUT2D eigenvalue weighted by molar-refractivity contribution is 0.849. The lowest BCUT2D eigenvalue weighted by Gasteiger charge is -1.98. The van der Waals surface area contributed by atoms with Crippen LogP contribution in [0.25, 0.3) is 0 Å². The first-order valence-electron chi connectivity index (χ1n) is 5.53. The van der Waals surface area contributed by atoms with Crippen LogP contribution in [0.1, 0.15) is 53.4 Å². The molecule has 0 aliphatic rings. The number of nitriles is 1. The summed E-state index contributed by atoms with van der Waals surface area (Å²) in [7, 11) is 0. The molecule has 0 atom stereocenters. The topological polar surface area (TPSA) is 23.8 Å². The molecule has 0 radical (unpaired) electrons. The van der Waals surface area contributed by atoms with E-state index in [4.69, 9.17) is 5.26 Å². The van der Waals surface area contributed by atoms with Crippen LogP contribution >= 0.6 is 0 Å². The van der Waals surface area contributed by atoms with E-state index in [2.05, 4.69) is 25.1 Å². The molecule has 0 heterocycles. The molecular weight excluding hydrogens is 170 g/mol. The van der Waals surface area contributed by atoms with Crippen molar-refractivity contribution in [1.29, 1.82) is 5.26 Å². The Morgan fingerprint density at radius 2 is 2.00 bits per heavy atom. The Labute approximate surface area is 89.1 Å². The molecule has 0 bridgehead atoms. The number of hydrogen-bond donors (Lipinski definition) is 0. The Morgan fingerprint density at radius 1 is 1.36 bits per heavy atom. The van der Waals surface area contributed by atoms with Crippen LogP contribution in [-0.4, -0.2) is 0 Å². The van der Waals surface area contributed by atoms with Crippen LogP contribution in [0.2, 0.25) is 0 Å². The van der Waals surface area contributed by atoms with Crippen molar-refractivity contribution in [3.63, 3.8) is 0 Å². The molecule has 0 saturated heterocycles. The number of unbranched alkanes of at least 4 members (excludes halogenated alkanes) is 1. The van der Waals surface area contributed by atoms with E-state index >= 15 is 0 Å². The van der Waals surface area contributed by atoms with Gasteiger partial charge < -0.3 is 0 Å². The third-order valence-electron chi connectivity index (χ3n) is 1.60. The Kier molecular flexibility index (Phi) is 16.0. The first kappa shape index (κ1) is 15.4. The van der Waals surface area contributed by atoms with Crippen molar-refractivity contribution in [3.05, 3.63) is 23.8 Å². The molecule has 0 saturated carbocycles. The molecule has 14 heavy (non-hydrogen) atoms.